The lowest BCUT2D eigenvalue weighted by molar-refractivity contribution is 0.0680. The minimum atomic E-state index is -3.18. The molecule has 1 aliphatic carbocycles. The van der Waals surface area contributed by atoms with Crippen LogP contribution in [0.2, 0.25) is 0 Å². The molecule has 1 aliphatic heterocycles. The zero-order valence-electron chi connectivity index (χ0n) is 12.9. The van der Waals surface area contributed by atoms with E-state index in [1.54, 1.807) is 11.9 Å². The third-order valence-corrected chi connectivity index (χ3v) is 5.97. The second-order valence-corrected chi connectivity index (χ2v) is 8.33. The van der Waals surface area contributed by atoms with Gasteiger partial charge in [0.1, 0.15) is 5.69 Å². The van der Waals surface area contributed by atoms with E-state index in [4.69, 9.17) is 0 Å². The Morgan fingerprint density at radius 1 is 1.32 bits per heavy atom. The molecule has 3 rings (SSSR count). The Morgan fingerprint density at radius 3 is 2.50 bits per heavy atom. The van der Waals surface area contributed by atoms with Crippen LogP contribution in [-0.4, -0.2) is 66.2 Å². The van der Waals surface area contributed by atoms with Gasteiger partial charge >= 0.3 is 0 Å². The Morgan fingerprint density at radius 2 is 1.95 bits per heavy atom. The number of nitrogens with one attached hydrogen (secondary N) is 1. The van der Waals surface area contributed by atoms with E-state index in [0.29, 0.717) is 37.5 Å². The first kappa shape index (κ1) is 15.5. The van der Waals surface area contributed by atoms with E-state index in [9.17, 15) is 13.2 Å². The van der Waals surface area contributed by atoms with E-state index in [1.807, 2.05) is 6.07 Å². The molecule has 2 fully saturated rings. The Bertz CT molecular complexity index is 657. The third kappa shape index (κ3) is 3.17. The second kappa shape index (κ2) is 5.66. The predicted octanol–water partition coefficient (Wildman–Crippen LogP) is 0.783. The Labute approximate surface area is 130 Å². The van der Waals surface area contributed by atoms with Gasteiger partial charge in [-0.25, -0.2) is 12.7 Å². The van der Waals surface area contributed by atoms with Crippen molar-refractivity contribution in [1.29, 1.82) is 0 Å². The highest BCUT2D eigenvalue weighted by Gasteiger charge is 2.31. The average Bonchev–Trinajstić information content (AvgIpc) is 3.22. The molecule has 1 saturated heterocycles. The molecule has 2 heterocycles. The molecule has 2 aliphatic rings. The molecule has 1 saturated carbocycles. The van der Waals surface area contributed by atoms with Gasteiger partial charge in [-0.05, 0) is 31.7 Å². The van der Waals surface area contributed by atoms with E-state index in [1.165, 1.54) is 23.4 Å². The second-order valence-electron chi connectivity index (χ2n) is 6.29. The molecule has 1 aromatic heterocycles. The molecule has 8 heteroatoms. The number of hydrogen-bond donors (Lipinski definition) is 1. The fraction of sp³-hybridized carbons (Fsp3) is 0.714. The molecule has 1 amide bonds. The summed E-state index contributed by atoms with van der Waals surface area (Å²) < 4.78 is 24.6. The van der Waals surface area contributed by atoms with Crippen molar-refractivity contribution in [3.63, 3.8) is 0 Å². The van der Waals surface area contributed by atoms with Crippen LogP contribution in [0.3, 0.4) is 0 Å². The zero-order chi connectivity index (χ0) is 15.9. The first-order chi connectivity index (χ1) is 10.4. The van der Waals surface area contributed by atoms with E-state index >= 15 is 0 Å². The molecule has 1 N–H and O–H groups in total. The van der Waals surface area contributed by atoms with Gasteiger partial charge in [0.15, 0.2) is 0 Å². The number of sulfonamides is 1. The molecule has 0 atom stereocenters. The van der Waals surface area contributed by atoms with Crippen LogP contribution < -0.4 is 0 Å². The molecule has 0 bridgehead atoms. The number of piperidine rings is 1. The number of amides is 1. The fourth-order valence-electron chi connectivity index (χ4n) is 2.91. The molecule has 0 spiro atoms. The molecule has 0 unspecified atom stereocenters. The minimum absolute atomic E-state index is 0.0275. The molecule has 1 aromatic rings. The number of aromatic nitrogens is 2. The average molecular weight is 326 g/mol. The first-order valence-corrected chi connectivity index (χ1v) is 9.48. The monoisotopic (exact) mass is 326 g/mol. The van der Waals surface area contributed by atoms with E-state index in [-0.39, 0.29) is 11.9 Å². The highest BCUT2D eigenvalue weighted by molar-refractivity contribution is 7.88. The lowest BCUT2D eigenvalue weighted by atomic mass is 10.0. The first-order valence-electron chi connectivity index (χ1n) is 7.64. The van der Waals surface area contributed by atoms with Gasteiger partial charge in [-0.2, -0.15) is 5.10 Å². The largest absolute Gasteiger partial charge is 0.337 e. The smallest absolute Gasteiger partial charge is 0.274 e. The summed E-state index contributed by atoms with van der Waals surface area (Å²) in [5.74, 6) is 0.479. The predicted molar refractivity (Wildman–Crippen MR) is 82.1 cm³/mol. The number of likely N-dealkylation sites (tertiary alicyclic amines) is 1. The van der Waals surface area contributed by atoms with Crippen LogP contribution in [0.5, 0.6) is 0 Å². The zero-order valence-corrected chi connectivity index (χ0v) is 13.8. The van der Waals surface area contributed by atoms with Gasteiger partial charge in [0.05, 0.1) is 6.26 Å². The SMILES string of the molecule is CN(C1CCN(C(=O)c2cc(C3CC3)[nH]n2)CC1)S(C)(=O)=O. The summed E-state index contributed by atoms with van der Waals surface area (Å²) in [6, 6.07) is 1.83. The number of aromatic amines is 1. The highest BCUT2D eigenvalue weighted by Crippen LogP contribution is 2.39. The minimum Gasteiger partial charge on any atom is -0.337 e. The van der Waals surface area contributed by atoms with Crippen molar-refractivity contribution in [1.82, 2.24) is 19.4 Å². The van der Waals surface area contributed by atoms with Crippen molar-refractivity contribution in [2.45, 2.75) is 37.6 Å². The van der Waals surface area contributed by atoms with Crippen LogP contribution in [0.15, 0.2) is 6.07 Å². The van der Waals surface area contributed by atoms with Gasteiger partial charge in [0, 0.05) is 37.8 Å². The third-order valence-electron chi connectivity index (χ3n) is 4.62. The molecular weight excluding hydrogens is 304 g/mol. The summed E-state index contributed by atoms with van der Waals surface area (Å²) in [5.41, 5.74) is 1.52. The van der Waals surface area contributed by atoms with Gasteiger partial charge < -0.3 is 4.90 Å². The normalized spacial score (nSPS) is 20.6. The van der Waals surface area contributed by atoms with Crippen LogP contribution in [0, 0.1) is 0 Å². The number of carbonyl (C=O) groups excluding carboxylic acids is 1. The Kier molecular flexibility index (Phi) is 3.98. The van der Waals surface area contributed by atoms with Crippen molar-refractivity contribution in [2.24, 2.45) is 0 Å². The van der Waals surface area contributed by atoms with Crippen LogP contribution >= 0.6 is 0 Å². The lowest BCUT2D eigenvalue weighted by Crippen LogP contribution is -2.47. The molecule has 0 radical (unpaired) electrons. The summed E-state index contributed by atoms with van der Waals surface area (Å²) >= 11 is 0. The summed E-state index contributed by atoms with van der Waals surface area (Å²) in [4.78, 5) is 14.2. The van der Waals surface area contributed by atoms with Crippen LogP contribution in [0.25, 0.3) is 0 Å². The molecule has 7 nitrogen and oxygen atoms in total. The van der Waals surface area contributed by atoms with Crippen molar-refractivity contribution in [3.05, 3.63) is 17.5 Å². The Balaban J connectivity index is 1.59. The highest BCUT2D eigenvalue weighted by atomic mass is 32.2. The van der Waals surface area contributed by atoms with Crippen molar-refractivity contribution < 1.29 is 13.2 Å². The van der Waals surface area contributed by atoms with Gasteiger partial charge in [0.25, 0.3) is 5.91 Å². The number of nitrogens with zero attached hydrogens (tertiary/aromatic N) is 3. The van der Waals surface area contributed by atoms with Gasteiger partial charge in [-0.3, -0.25) is 9.89 Å². The summed E-state index contributed by atoms with van der Waals surface area (Å²) in [7, 11) is -1.57. The molecule has 0 aromatic carbocycles. The summed E-state index contributed by atoms with van der Waals surface area (Å²) in [5, 5.41) is 7.07. The maximum absolute atomic E-state index is 12.4. The number of hydrogen-bond acceptors (Lipinski definition) is 4. The number of H-pyrrole nitrogens is 1. The topological polar surface area (TPSA) is 86.4 Å². The Hall–Kier alpha value is -1.41. The van der Waals surface area contributed by atoms with Crippen LogP contribution in [-0.2, 0) is 10.0 Å². The van der Waals surface area contributed by atoms with Gasteiger partial charge in [0.2, 0.25) is 10.0 Å². The summed E-state index contributed by atoms with van der Waals surface area (Å²) in [6.45, 7) is 1.13. The number of carbonyl (C=O) groups is 1. The summed E-state index contributed by atoms with van der Waals surface area (Å²) in [6.07, 6.45) is 4.87. The number of rotatable bonds is 4. The van der Waals surface area contributed by atoms with Crippen molar-refractivity contribution >= 4 is 15.9 Å². The van der Waals surface area contributed by atoms with Crippen molar-refractivity contribution in [2.75, 3.05) is 26.4 Å². The standard InChI is InChI=1S/C14H22N4O3S/c1-17(22(2,20)21)11-5-7-18(8-6-11)14(19)13-9-12(15-16-13)10-3-4-10/h9-11H,3-8H2,1-2H3,(H,15,16). The van der Waals surface area contributed by atoms with Gasteiger partial charge in [-0.1, -0.05) is 0 Å². The quantitative estimate of drug-likeness (QED) is 0.886. The fourth-order valence-corrected chi connectivity index (χ4v) is 3.67. The molecular formula is C14H22N4O3S. The van der Waals surface area contributed by atoms with Crippen molar-refractivity contribution in [3.8, 4) is 0 Å². The molecule has 22 heavy (non-hydrogen) atoms. The maximum atomic E-state index is 12.4. The van der Waals surface area contributed by atoms with E-state index < -0.39 is 10.0 Å². The lowest BCUT2D eigenvalue weighted by Gasteiger charge is -2.35. The maximum Gasteiger partial charge on any atom is 0.274 e. The van der Waals surface area contributed by atoms with Crippen LogP contribution in [0.4, 0.5) is 0 Å². The van der Waals surface area contributed by atoms with E-state index in [2.05, 4.69) is 10.2 Å². The van der Waals surface area contributed by atoms with Gasteiger partial charge in [-0.15, -0.1) is 0 Å². The van der Waals surface area contributed by atoms with E-state index in [0.717, 1.165) is 5.69 Å². The van der Waals surface area contributed by atoms with Crippen LogP contribution in [0.1, 0.15) is 47.8 Å². The molecule has 122 valence electrons.